The van der Waals surface area contributed by atoms with E-state index in [4.69, 9.17) is 16.5 Å². The van der Waals surface area contributed by atoms with Crippen LogP contribution in [0.4, 0.5) is 5.69 Å². The fourth-order valence-corrected chi connectivity index (χ4v) is 2.35. The van der Waals surface area contributed by atoms with Gasteiger partial charge in [-0.25, -0.2) is 4.98 Å². The minimum absolute atomic E-state index is 0.137. The number of anilines is 1. The number of nitrogens with zero attached hydrogens (tertiary/aromatic N) is 2. The number of benzene rings is 1. The van der Waals surface area contributed by atoms with Crippen LogP contribution in [0.25, 0.3) is 11.0 Å². The summed E-state index contributed by atoms with van der Waals surface area (Å²) in [6, 6.07) is 5.66. The molecule has 114 valence electrons. The van der Waals surface area contributed by atoms with Gasteiger partial charge in [0.1, 0.15) is 5.82 Å². The number of hydrogen-bond donors (Lipinski definition) is 2. The lowest BCUT2D eigenvalue weighted by Gasteiger charge is -2.26. The van der Waals surface area contributed by atoms with Crippen LogP contribution in [0.5, 0.6) is 0 Å². The van der Waals surface area contributed by atoms with E-state index in [0.29, 0.717) is 12.2 Å². The molecule has 1 heterocycles. The van der Waals surface area contributed by atoms with Crippen LogP contribution in [-0.4, -0.2) is 15.5 Å². The van der Waals surface area contributed by atoms with Crippen molar-refractivity contribution in [2.45, 2.75) is 46.6 Å². The normalized spacial score (nSPS) is 12.8. The summed E-state index contributed by atoms with van der Waals surface area (Å²) in [4.78, 5) is 16.4. The average molecular weight is 288 g/mol. The number of primary amides is 1. The first-order valence-electron chi connectivity index (χ1n) is 7.08. The Labute approximate surface area is 125 Å². The second-order valence-electron chi connectivity index (χ2n) is 7.27. The number of imidazole rings is 1. The maximum absolute atomic E-state index is 11.7. The van der Waals surface area contributed by atoms with Crippen LogP contribution in [0.1, 0.15) is 40.4 Å². The summed E-state index contributed by atoms with van der Waals surface area (Å²) in [6.07, 6.45) is 0. The van der Waals surface area contributed by atoms with E-state index in [1.54, 1.807) is 0 Å². The molecule has 2 rings (SSSR count). The lowest BCUT2D eigenvalue weighted by Crippen LogP contribution is -2.36. The van der Waals surface area contributed by atoms with E-state index in [9.17, 15) is 4.79 Å². The molecule has 1 aromatic heterocycles. The molecule has 0 aliphatic heterocycles. The number of hydrogen-bond acceptors (Lipinski definition) is 3. The fraction of sp³-hybridized carbons (Fsp3) is 0.500. The van der Waals surface area contributed by atoms with Crippen LogP contribution in [0.15, 0.2) is 18.2 Å². The molecule has 1 aromatic carbocycles. The Kier molecular flexibility index (Phi) is 3.48. The molecule has 0 saturated carbocycles. The molecule has 5 nitrogen and oxygen atoms in total. The number of nitrogen functional groups attached to an aromatic ring is 1. The molecule has 0 unspecified atom stereocenters. The number of nitrogens with two attached hydrogens (primary N) is 2. The van der Waals surface area contributed by atoms with Crippen LogP contribution in [0.3, 0.4) is 0 Å². The standard InChI is InChI=1S/C16H24N4O/c1-15(2,3)14-19-11-8-10(17)6-7-12(11)20(14)9-16(4,5)13(18)21/h6-8H,9,17H2,1-5H3,(H2,18,21). The Balaban J connectivity index is 2.67. The third-order valence-corrected chi connectivity index (χ3v) is 3.66. The van der Waals surface area contributed by atoms with Crippen molar-refractivity contribution < 1.29 is 4.79 Å². The van der Waals surface area contributed by atoms with Crippen LogP contribution in [0, 0.1) is 5.41 Å². The van der Waals surface area contributed by atoms with E-state index >= 15 is 0 Å². The van der Waals surface area contributed by atoms with Crippen molar-refractivity contribution in [1.82, 2.24) is 9.55 Å². The number of carbonyl (C=O) groups excluding carboxylic acids is 1. The first kappa shape index (κ1) is 15.4. The zero-order valence-corrected chi connectivity index (χ0v) is 13.4. The minimum Gasteiger partial charge on any atom is -0.399 e. The van der Waals surface area contributed by atoms with Gasteiger partial charge >= 0.3 is 0 Å². The van der Waals surface area contributed by atoms with E-state index < -0.39 is 5.41 Å². The van der Waals surface area contributed by atoms with Gasteiger partial charge in [-0.1, -0.05) is 20.8 Å². The SMILES string of the molecule is CC(C)(Cn1c(C(C)(C)C)nc2cc(N)ccc21)C(N)=O. The molecule has 4 N–H and O–H groups in total. The minimum atomic E-state index is -0.644. The van der Waals surface area contributed by atoms with E-state index in [1.807, 2.05) is 32.0 Å². The Hall–Kier alpha value is -2.04. The largest absolute Gasteiger partial charge is 0.399 e. The van der Waals surface area contributed by atoms with Gasteiger partial charge in [-0.3, -0.25) is 4.79 Å². The monoisotopic (exact) mass is 288 g/mol. The molecule has 0 bridgehead atoms. The zero-order valence-electron chi connectivity index (χ0n) is 13.4. The van der Waals surface area contributed by atoms with Gasteiger partial charge in [-0.15, -0.1) is 0 Å². The Morgan fingerprint density at radius 3 is 2.38 bits per heavy atom. The van der Waals surface area contributed by atoms with Gasteiger partial charge < -0.3 is 16.0 Å². The highest BCUT2D eigenvalue weighted by Crippen LogP contribution is 2.30. The van der Waals surface area contributed by atoms with Gasteiger partial charge in [0, 0.05) is 17.6 Å². The van der Waals surface area contributed by atoms with Crippen LogP contribution < -0.4 is 11.5 Å². The van der Waals surface area contributed by atoms with E-state index in [0.717, 1.165) is 16.9 Å². The van der Waals surface area contributed by atoms with Crippen LogP contribution in [-0.2, 0) is 16.8 Å². The molecule has 0 atom stereocenters. The van der Waals surface area contributed by atoms with Crippen molar-refractivity contribution in [3.8, 4) is 0 Å². The summed E-state index contributed by atoms with van der Waals surface area (Å²) in [5.74, 6) is 0.608. The molecule has 21 heavy (non-hydrogen) atoms. The number of fused-ring (bicyclic) bond motifs is 1. The van der Waals surface area contributed by atoms with Gasteiger partial charge in [-0.05, 0) is 32.0 Å². The second-order valence-corrected chi connectivity index (χ2v) is 7.27. The number of rotatable bonds is 3. The number of amides is 1. The van der Waals surface area contributed by atoms with Gasteiger partial charge in [0.15, 0.2) is 0 Å². The first-order valence-corrected chi connectivity index (χ1v) is 7.08. The maximum atomic E-state index is 11.7. The van der Waals surface area contributed by atoms with Crippen molar-refractivity contribution in [3.63, 3.8) is 0 Å². The smallest absolute Gasteiger partial charge is 0.224 e. The van der Waals surface area contributed by atoms with Gasteiger partial charge in [0.25, 0.3) is 0 Å². The van der Waals surface area contributed by atoms with Gasteiger partial charge in [-0.2, -0.15) is 0 Å². The molecule has 0 aliphatic rings. The van der Waals surface area contributed by atoms with Crippen molar-refractivity contribution in [1.29, 1.82) is 0 Å². The molecule has 0 fully saturated rings. The Morgan fingerprint density at radius 2 is 1.86 bits per heavy atom. The predicted molar refractivity (Wildman–Crippen MR) is 85.8 cm³/mol. The third kappa shape index (κ3) is 2.86. The zero-order chi connectivity index (χ0) is 16.0. The lowest BCUT2D eigenvalue weighted by atomic mass is 9.91. The molecule has 0 saturated heterocycles. The topological polar surface area (TPSA) is 86.9 Å². The number of aromatic nitrogens is 2. The first-order chi connectivity index (χ1) is 9.52. The van der Waals surface area contributed by atoms with Crippen molar-refractivity contribution in [3.05, 3.63) is 24.0 Å². The highest BCUT2D eigenvalue weighted by molar-refractivity contribution is 5.82. The Morgan fingerprint density at radius 1 is 1.24 bits per heavy atom. The van der Waals surface area contributed by atoms with Crippen molar-refractivity contribution in [2.75, 3.05) is 5.73 Å². The molecule has 2 aromatic rings. The predicted octanol–water partition coefficient (Wildman–Crippen LogP) is 2.43. The van der Waals surface area contributed by atoms with Crippen molar-refractivity contribution >= 4 is 22.6 Å². The summed E-state index contributed by atoms with van der Waals surface area (Å²) in [6.45, 7) is 10.5. The molecule has 0 radical (unpaired) electrons. The second kappa shape index (κ2) is 4.76. The van der Waals surface area contributed by atoms with Gasteiger partial charge in [0.05, 0.1) is 16.4 Å². The summed E-state index contributed by atoms with van der Waals surface area (Å²) in [7, 11) is 0. The third-order valence-electron chi connectivity index (χ3n) is 3.66. The molecule has 1 amide bonds. The van der Waals surface area contributed by atoms with E-state index in [-0.39, 0.29) is 11.3 Å². The van der Waals surface area contributed by atoms with Crippen molar-refractivity contribution in [2.24, 2.45) is 11.1 Å². The van der Waals surface area contributed by atoms with E-state index in [1.165, 1.54) is 0 Å². The lowest BCUT2D eigenvalue weighted by molar-refractivity contribution is -0.126. The summed E-state index contributed by atoms with van der Waals surface area (Å²) in [5.41, 5.74) is 13.1. The fourth-order valence-electron chi connectivity index (χ4n) is 2.35. The molecule has 0 spiro atoms. The van der Waals surface area contributed by atoms with Crippen LogP contribution >= 0.6 is 0 Å². The quantitative estimate of drug-likeness (QED) is 0.850. The maximum Gasteiger partial charge on any atom is 0.224 e. The molecular weight excluding hydrogens is 264 g/mol. The molecule has 0 aliphatic carbocycles. The summed E-state index contributed by atoms with van der Waals surface area (Å²) in [5, 5.41) is 0. The van der Waals surface area contributed by atoms with Crippen LogP contribution in [0.2, 0.25) is 0 Å². The Bertz CT molecular complexity index is 692. The van der Waals surface area contributed by atoms with E-state index in [2.05, 4.69) is 25.3 Å². The summed E-state index contributed by atoms with van der Waals surface area (Å²) < 4.78 is 2.08. The summed E-state index contributed by atoms with van der Waals surface area (Å²) >= 11 is 0. The highest BCUT2D eigenvalue weighted by Gasteiger charge is 2.30. The molecule has 5 heteroatoms. The molecular formula is C16H24N4O. The average Bonchev–Trinajstić information content (AvgIpc) is 2.66. The van der Waals surface area contributed by atoms with Gasteiger partial charge in [0.2, 0.25) is 5.91 Å². The highest BCUT2D eigenvalue weighted by atomic mass is 16.1. The number of carbonyl (C=O) groups is 1.